The molecule has 1 aromatic heterocycles. The number of aromatic nitrogens is 1. The van der Waals surface area contributed by atoms with Gasteiger partial charge in [-0.15, -0.1) is 0 Å². The highest BCUT2D eigenvalue weighted by atomic mass is 32.2. The molecule has 0 saturated carbocycles. The molecule has 25 heavy (non-hydrogen) atoms. The minimum atomic E-state index is -2.95. The van der Waals surface area contributed by atoms with E-state index in [4.69, 9.17) is 0 Å². The molecule has 1 aromatic rings. The average Bonchev–Trinajstić information content (AvgIpc) is 2.95. The lowest BCUT2D eigenvalue weighted by Gasteiger charge is -2.32. The fourth-order valence-electron chi connectivity index (χ4n) is 3.89. The van der Waals surface area contributed by atoms with Gasteiger partial charge in [0.25, 0.3) is 5.91 Å². The van der Waals surface area contributed by atoms with Crippen molar-refractivity contribution in [3.63, 3.8) is 0 Å². The fourth-order valence-corrected chi connectivity index (χ4v) is 5.62. The van der Waals surface area contributed by atoms with E-state index >= 15 is 0 Å². The second-order valence-electron chi connectivity index (χ2n) is 7.24. The van der Waals surface area contributed by atoms with Gasteiger partial charge in [-0.2, -0.15) is 0 Å². The summed E-state index contributed by atoms with van der Waals surface area (Å²) in [5, 5.41) is 0. The number of pyridine rings is 1. The zero-order valence-corrected chi connectivity index (χ0v) is 15.8. The summed E-state index contributed by atoms with van der Waals surface area (Å²) < 4.78 is 23.6. The summed E-state index contributed by atoms with van der Waals surface area (Å²) in [4.78, 5) is 21.2. The molecule has 138 valence electrons. The molecule has 2 aliphatic heterocycles. The number of carbonyl (C=O) groups excluding carboxylic acids is 1. The first-order valence-electron chi connectivity index (χ1n) is 9.12. The van der Waals surface area contributed by atoms with E-state index in [1.807, 2.05) is 22.8 Å². The van der Waals surface area contributed by atoms with Crippen LogP contribution in [-0.4, -0.2) is 61.4 Å². The van der Waals surface area contributed by atoms with Gasteiger partial charge in [-0.1, -0.05) is 6.92 Å². The monoisotopic (exact) mass is 365 g/mol. The highest BCUT2D eigenvalue weighted by Gasteiger charge is 2.32. The Morgan fingerprint density at radius 2 is 2.20 bits per heavy atom. The molecule has 2 unspecified atom stereocenters. The maximum absolute atomic E-state index is 12.8. The van der Waals surface area contributed by atoms with Crippen molar-refractivity contribution in [2.75, 3.05) is 36.0 Å². The van der Waals surface area contributed by atoms with Crippen LogP contribution >= 0.6 is 0 Å². The van der Waals surface area contributed by atoms with Gasteiger partial charge >= 0.3 is 0 Å². The van der Waals surface area contributed by atoms with Crippen LogP contribution in [0.2, 0.25) is 0 Å². The van der Waals surface area contributed by atoms with Gasteiger partial charge in [-0.25, -0.2) is 13.4 Å². The van der Waals surface area contributed by atoms with Gasteiger partial charge in [0.1, 0.15) is 5.82 Å². The van der Waals surface area contributed by atoms with E-state index in [0.29, 0.717) is 30.3 Å². The molecule has 2 fully saturated rings. The Morgan fingerprint density at radius 3 is 2.84 bits per heavy atom. The summed E-state index contributed by atoms with van der Waals surface area (Å²) in [6, 6.07) is 3.52. The second-order valence-corrected chi connectivity index (χ2v) is 9.47. The van der Waals surface area contributed by atoms with Crippen molar-refractivity contribution in [1.82, 2.24) is 9.88 Å². The van der Waals surface area contributed by atoms with Gasteiger partial charge in [0.15, 0.2) is 9.84 Å². The van der Waals surface area contributed by atoms with Crippen molar-refractivity contribution < 1.29 is 13.2 Å². The molecule has 2 aliphatic rings. The third-order valence-corrected chi connectivity index (χ3v) is 6.97. The molecule has 0 radical (unpaired) electrons. The summed E-state index contributed by atoms with van der Waals surface area (Å²) in [6.07, 6.45) is 4.50. The predicted molar refractivity (Wildman–Crippen MR) is 98.6 cm³/mol. The summed E-state index contributed by atoms with van der Waals surface area (Å²) in [7, 11) is -2.95. The van der Waals surface area contributed by atoms with Gasteiger partial charge in [-0.05, 0) is 44.2 Å². The number of hydrogen-bond acceptors (Lipinski definition) is 5. The molecule has 0 N–H and O–H groups in total. The molecule has 1 amide bonds. The minimum Gasteiger partial charge on any atom is -0.353 e. The van der Waals surface area contributed by atoms with Gasteiger partial charge in [0, 0.05) is 37.4 Å². The van der Waals surface area contributed by atoms with E-state index in [9.17, 15) is 13.2 Å². The van der Waals surface area contributed by atoms with Crippen LogP contribution < -0.4 is 4.90 Å². The smallest absolute Gasteiger partial charge is 0.254 e. The van der Waals surface area contributed by atoms with Crippen molar-refractivity contribution >= 4 is 21.6 Å². The molecular weight excluding hydrogens is 338 g/mol. The van der Waals surface area contributed by atoms with Gasteiger partial charge in [0.2, 0.25) is 0 Å². The van der Waals surface area contributed by atoms with Crippen molar-refractivity contribution in [1.29, 1.82) is 0 Å². The molecule has 3 heterocycles. The lowest BCUT2D eigenvalue weighted by Crippen LogP contribution is -2.39. The van der Waals surface area contributed by atoms with E-state index in [0.717, 1.165) is 19.5 Å². The van der Waals surface area contributed by atoms with Gasteiger partial charge < -0.3 is 9.80 Å². The SMILES string of the molecule is CCN(c1cc(C(=O)N2CCCC(C)C2)ccn1)C1CCS(=O)(=O)C1. The Balaban J connectivity index is 1.79. The maximum Gasteiger partial charge on any atom is 0.254 e. The van der Waals surface area contributed by atoms with E-state index in [1.165, 1.54) is 6.42 Å². The Hall–Kier alpha value is -1.63. The van der Waals surface area contributed by atoms with Crippen LogP contribution in [0.3, 0.4) is 0 Å². The molecule has 6 nitrogen and oxygen atoms in total. The lowest BCUT2D eigenvalue weighted by molar-refractivity contribution is 0.0683. The number of nitrogens with zero attached hydrogens (tertiary/aromatic N) is 3. The normalized spacial score (nSPS) is 25.8. The average molecular weight is 365 g/mol. The number of piperidine rings is 1. The topological polar surface area (TPSA) is 70.6 Å². The number of amides is 1. The van der Waals surface area contributed by atoms with Crippen molar-refractivity contribution in [2.45, 2.75) is 39.2 Å². The third-order valence-electron chi connectivity index (χ3n) is 5.22. The summed E-state index contributed by atoms with van der Waals surface area (Å²) in [6.45, 7) is 6.45. The molecule has 3 rings (SSSR count). The minimum absolute atomic E-state index is 0.0466. The molecule has 0 bridgehead atoms. The number of likely N-dealkylation sites (tertiary alicyclic amines) is 1. The first-order valence-corrected chi connectivity index (χ1v) is 10.9. The molecular formula is C18H27N3O3S. The summed E-state index contributed by atoms with van der Waals surface area (Å²) in [5.74, 6) is 1.68. The second kappa shape index (κ2) is 7.32. The standard InChI is InChI=1S/C18H27N3O3S/c1-3-21(16-7-10-25(23,24)13-16)17-11-15(6-8-19-17)18(22)20-9-4-5-14(2)12-20/h6,8,11,14,16H,3-5,7,9-10,12-13H2,1-2H3. The zero-order valence-electron chi connectivity index (χ0n) is 15.0. The van der Waals surface area contributed by atoms with E-state index < -0.39 is 9.84 Å². The quantitative estimate of drug-likeness (QED) is 0.816. The molecule has 0 aliphatic carbocycles. The van der Waals surface area contributed by atoms with Crippen LogP contribution in [-0.2, 0) is 9.84 Å². The Bertz CT molecular complexity index is 735. The first kappa shape index (κ1) is 18.2. The third kappa shape index (κ3) is 4.14. The van der Waals surface area contributed by atoms with Crippen molar-refractivity contribution in [3.05, 3.63) is 23.9 Å². The van der Waals surface area contributed by atoms with Gasteiger partial charge in [0.05, 0.1) is 11.5 Å². The highest BCUT2D eigenvalue weighted by Crippen LogP contribution is 2.24. The summed E-state index contributed by atoms with van der Waals surface area (Å²) >= 11 is 0. The van der Waals surface area contributed by atoms with Crippen LogP contribution in [0.25, 0.3) is 0 Å². The van der Waals surface area contributed by atoms with Crippen LogP contribution in [0.15, 0.2) is 18.3 Å². The number of sulfone groups is 1. The molecule has 2 saturated heterocycles. The Labute approximate surface area is 150 Å². The molecule has 2 atom stereocenters. The molecule has 0 spiro atoms. The van der Waals surface area contributed by atoms with Crippen LogP contribution in [0.4, 0.5) is 5.82 Å². The van der Waals surface area contributed by atoms with Crippen molar-refractivity contribution in [3.8, 4) is 0 Å². The van der Waals surface area contributed by atoms with Crippen molar-refractivity contribution in [2.24, 2.45) is 5.92 Å². The lowest BCUT2D eigenvalue weighted by atomic mass is 9.99. The largest absolute Gasteiger partial charge is 0.353 e. The number of anilines is 1. The number of rotatable bonds is 4. The van der Waals surface area contributed by atoms with E-state index in [2.05, 4.69) is 11.9 Å². The van der Waals surface area contributed by atoms with Crippen LogP contribution in [0, 0.1) is 5.92 Å². The van der Waals surface area contributed by atoms with E-state index in [1.54, 1.807) is 12.3 Å². The van der Waals surface area contributed by atoms with Gasteiger partial charge in [-0.3, -0.25) is 4.79 Å². The fraction of sp³-hybridized carbons (Fsp3) is 0.667. The molecule has 0 aromatic carbocycles. The molecule has 7 heteroatoms. The predicted octanol–water partition coefficient (Wildman–Crippen LogP) is 1.97. The van der Waals surface area contributed by atoms with Crippen LogP contribution in [0.1, 0.15) is 43.5 Å². The summed E-state index contributed by atoms with van der Waals surface area (Å²) in [5.41, 5.74) is 0.637. The maximum atomic E-state index is 12.8. The first-order chi connectivity index (χ1) is 11.9. The Morgan fingerprint density at radius 1 is 1.40 bits per heavy atom. The number of hydrogen-bond donors (Lipinski definition) is 0. The van der Waals surface area contributed by atoms with E-state index in [-0.39, 0.29) is 23.5 Å². The number of carbonyl (C=O) groups is 1. The zero-order chi connectivity index (χ0) is 18.0. The highest BCUT2D eigenvalue weighted by molar-refractivity contribution is 7.91. The Kier molecular flexibility index (Phi) is 5.32. The van der Waals surface area contributed by atoms with Crippen LogP contribution in [0.5, 0.6) is 0 Å².